The van der Waals surface area contributed by atoms with Gasteiger partial charge in [-0.05, 0) is 91.5 Å². The first kappa shape index (κ1) is 33.5. The molecule has 2 heterocycles. The number of fused-ring (bicyclic) bond motifs is 2. The molecule has 0 aromatic heterocycles. The lowest BCUT2D eigenvalue weighted by atomic mass is 9.82. The second-order valence-corrected chi connectivity index (χ2v) is 13.8. The summed E-state index contributed by atoms with van der Waals surface area (Å²) in [7, 11) is 0. The highest BCUT2D eigenvalue weighted by Gasteiger charge is 2.43. The third-order valence-electron chi connectivity index (χ3n) is 9.96. The summed E-state index contributed by atoms with van der Waals surface area (Å²) in [6.45, 7) is 8.45. The van der Waals surface area contributed by atoms with E-state index in [9.17, 15) is 14.4 Å². The lowest BCUT2D eigenvalue weighted by molar-refractivity contribution is -0.134. The topological polar surface area (TPSA) is 105 Å². The zero-order valence-electron chi connectivity index (χ0n) is 28.5. The molecule has 0 unspecified atom stereocenters. The van der Waals surface area contributed by atoms with Gasteiger partial charge in [0, 0.05) is 56.6 Å². The number of nitrogens with zero attached hydrogens (tertiary/aromatic N) is 2. The number of aryl methyl sites for hydroxylation is 2. The molecule has 3 aromatic carbocycles. The maximum absolute atomic E-state index is 14.7. The molecule has 1 saturated heterocycles. The minimum absolute atomic E-state index is 0.00826. The van der Waals surface area contributed by atoms with Crippen LogP contribution in [0.15, 0.2) is 72.3 Å². The normalized spacial score (nSPS) is 18.9. The Balaban J connectivity index is 1.24. The average molecular weight is 649 g/mol. The molecule has 8 heteroatoms. The molecule has 3 aliphatic rings. The van der Waals surface area contributed by atoms with E-state index in [4.69, 9.17) is 10.5 Å². The molecule has 2 bridgehead atoms. The van der Waals surface area contributed by atoms with Crippen molar-refractivity contribution in [1.29, 1.82) is 0 Å². The molecule has 8 nitrogen and oxygen atoms in total. The Hall–Kier alpha value is -4.43. The summed E-state index contributed by atoms with van der Waals surface area (Å²) in [4.78, 5) is 43.1. The molecular formula is C40H48N4O4. The van der Waals surface area contributed by atoms with Crippen LogP contribution in [0.4, 0.5) is 0 Å². The summed E-state index contributed by atoms with van der Waals surface area (Å²) < 4.78 is 6.19. The molecule has 2 fully saturated rings. The van der Waals surface area contributed by atoms with Crippen LogP contribution < -0.4 is 15.8 Å². The summed E-state index contributed by atoms with van der Waals surface area (Å²) >= 11 is 0. The van der Waals surface area contributed by atoms with Gasteiger partial charge in [-0.2, -0.15) is 0 Å². The van der Waals surface area contributed by atoms with Gasteiger partial charge < -0.3 is 25.6 Å². The Bertz CT molecular complexity index is 1680. The van der Waals surface area contributed by atoms with Gasteiger partial charge in [0.1, 0.15) is 5.75 Å². The molecule has 252 valence electrons. The van der Waals surface area contributed by atoms with Gasteiger partial charge in [-0.3, -0.25) is 14.4 Å². The first-order valence-electron chi connectivity index (χ1n) is 17.4. The number of hydrogen-bond donors (Lipinski definition) is 2. The Labute approximate surface area is 284 Å². The second-order valence-electron chi connectivity index (χ2n) is 13.8. The van der Waals surface area contributed by atoms with Crippen LogP contribution >= 0.6 is 0 Å². The third-order valence-corrected chi connectivity index (χ3v) is 9.96. The molecule has 1 aliphatic carbocycles. The zero-order valence-corrected chi connectivity index (χ0v) is 28.5. The van der Waals surface area contributed by atoms with Crippen molar-refractivity contribution in [1.82, 2.24) is 15.1 Å². The lowest BCUT2D eigenvalue weighted by Gasteiger charge is -2.45. The number of piperazine rings is 1. The molecule has 3 amide bonds. The van der Waals surface area contributed by atoms with Gasteiger partial charge in [0.05, 0.1) is 12.6 Å². The van der Waals surface area contributed by atoms with Crippen LogP contribution in [-0.4, -0.2) is 65.3 Å². The first-order chi connectivity index (χ1) is 23.2. The number of ether oxygens (including phenoxy) is 1. The van der Waals surface area contributed by atoms with E-state index < -0.39 is 5.91 Å². The summed E-state index contributed by atoms with van der Waals surface area (Å²) in [5.41, 5.74) is 14.1. The highest BCUT2D eigenvalue weighted by atomic mass is 16.5. The average Bonchev–Trinajstić information content (AvgIpc) is 3.91. The number of nitrogens with one attached hydrogen (secondary N) is 1. The highest BCUT2D eigenvalue weighted by Crippen LogP contribution is 2.37. The fourth-order valence-corrected chi connectivity index (χ4v) is 7.13. The number of benzene rings is 3. The fraction of sp³-hybridized carbons (Fsp3) is 0.425. The Kier molecular flexibility index (Phi) is 10.3. The first-order valence-corrected chi connectivity index (χ1v) is 17.4. The van der Waals surface area contributed by atoms with Crippen LogP contribution in [0.3, 0.4) is 0 Å². The van der Waals surface area contributed by atoms with Crippen molar-refractivity contribution in [3.05, 3.63) is 106 Å². The second kappa shape index (κ2) is 14.8. The van der Waals surface area contributed by atoms with E-state index in [2.05, 4.69) is 74.6 Å². The van der Waals surface area contributed by atoms with Crippen molar-refractivity contribution in [2.24, 2.45) is 5.73 Å². The van der Waals surface area contributed by atoms with E-state index >= 15 is 0 Å². The quantitative estimate of drug-likeness (QED) is 0.258. The van der Waals surface area contributed by atoms with E-state index in [0.717, 1.165) is 47.3 Å². The van der Waals surface area contributed by atoms with Crippen LogP contribution in [0.2, 0.25) is 0 Å². The minimum atomic E-state index is -0.394. The maximum atomic E-state index is 14.7. The molecule has 2 aliphatic heterocycles. The molecule has 48 heavy (non-hydrogen) atoms. The molecule has 3 N–H and O–H groups in total. The summed E-state index contributed by atoms with van der Waals surface area (Å²) in [6, 6.07) is 23.0. The van der Waals surface area contributed by atoms with E-state index in [1.807, 2.05) is 28.0 Å². The van der Waals surface area contributed by atoms with Crippen molar-refractivity contribution in [2.75, 3.05) is 19.7 Å². The molecule has 0 spiro atoms. The zero-order chi connectivity index (χ0) is 33.8. The van der Waals surface area contributed by atoms with Crippen LogP contribution in [-0.2, 0) is 27.3 Å². The summed E-state index contributed by atoms with van der Waals surface area (Å²) in [6.07, 6.45) is 4.36. The lowest BCUT2D eigenvalue weighted by Crippen LogP contribution is -2.62. The van der Waals surface area contributed by atoms with Crippen molar-refractivity contribution >= 4 is 23.3 Å². The SMILES string of the molecule is Cc1cc(C)c(C)c(OCCc2ccc(C3=C(C(=O)N(Cc4ccccc4)C4CC4)[C@H]4CN(C(=O)CCCC(N)=O)C[C@@H](C3)N4)cc2)c1. The monoisotopic (exact) mass is 648 g/mol. The van der Waals surface area contributed by atoms with Gasteiger partial charge in [0.15, 0.2) is 0 Å². The number of nitrogens with two attached hydrogens (primary N) is 1. The number of carbonyl (C=O) groups excluding carboxylic acids is 3. The Morgan fingerprint density at radius 1 is 0.938 bits per heavy atom. The molecule has 1 saturated carbocycles. The Morgan fingerprint density at radius 2 is 1.69 bits per heavy atom. The standard InChI is InChI=1S/C40H48N4O4/c1-26-20-27(2)28(3)36(21-26)48-19-18-29-12-14-31(15-13-29)34-22-32-24-43(38(46)11-7-10-37(41)45)25-35(42-32)39(34)40(47)44(33-16-17-33)23-30-8-5-4-6-9-30/h4-6,8-9,12-15,20-21,32-33,35,42H,7,10-11,16-19,22-25H2,1-3H3,(H2,41,45)/t32-,35-/m1/s1. The van der Waals surface area contributed by atoms with Crippen molar-refractivity contribution in [2.45, 2.75) is 90.4 Å². The van der Waals surface area contributed by atoms with Gasteiger partial charge in [0.2, 0.25) is 11.8 Å². The number of carbonyl (C=O) groups is 3. The predicted molar refractivity (Wildman–Crippen MR) is 188 cm³/mol. The van der Waals surface area contributed by atoms with Crippen molar-refractivity contribution < 1.29 is 19.1 Å². The molecule has 3 aromatic rings. The minimum Gasteiger partial charge on any atom is -0.493 e. The smallest absolute Gasteiger partial charge is 0.252 e. The van der Waals surface area contributed by atoms with Crippen molar-refractivity contribution in [3.63, 3.8) is 0 Å². The van der Waals surface area contributed by atoms with Crippen molar-refractivity contribution in [3.8, 4) is 5.75 Å². The number of rotatable bonds is 13. The van der Waals surface area contributed by atoms with E-state index in [1.165, 1.54) is 22.3 Å². The van der Waals surface area contributed by atoms with Gasteiger partial charge in [-0.15, -0.1) is 0 Å². The van der Waals surface area contributed by atoms with Gasteiger partial charge >= 0.3 is 0 Å². The number of primary amides is 1. The predicted octanol–water partition coefficient (Wildman–Crippen LogP) is 5.41. The maximum Gasteiger partial charge on any atom is 0.252 e. The molecule has 2 atom stereocenters. The van der Waals surface area contributed by atoms with Crippen LogP contribution in [0.1, 0.15) is 71.9 Å². The number of amides is 3. The third kappa shape index (κ3) is 7.98. The summed E-state index contributed by atoms with van der Waals surface area (Å²) in [5, 5.41) is 3.70. The fourth-order valence-electron chi connectivity index (χ4n) is 7.13. The highest BCUT2D eigenvalue weighted by molar-refractivity contribution is 6.03. The molecule has 6 rings (SSSR count). The van der Waals surface area contributed by atoms with Gasteiger partial charge in [-0.25, -0.2) is 0 Å². The van der Waals surface area contributed by atoms with Gasteiger partial charge in [-0.1, -0.05) is 60.7 Å². The Morgan fingerprint density at radius 3 is 2.40 bits per heavy atom. The van der Waals surface area contributed by atoms with E-state index in [0.29, 0.717) is 39.1 Å². The van der Waals surface area contributed by atoms with Gasteiger partial charge in [0.25, 0.3) is 5.91 Å². The molecule has 0 radical (unpaired) electrons. The van der Waals surface area contributed by atoms with E-state index in [1.54, 1.807) is 0 Å². The summed E-state index contributed by atoms with van der Waals surface area (Å²) in [5.74, 6) is 0.606. The van der Waals surface area contributed by atoms with E-state index in [-0.39, 0.29) is 42.8 Å². The number of hydrogen-bond acceptors (Lipinski definition) is 5. The van der Waals surface area contributed by atoms with Crippen LogP contribution in [0, 0.1) is 20.8 Å². The molecular weight excluding hydrogens is 600 g/mol. The van der Waals surface area contributed by atoms with Crippen LogP contribution in [0.25, 0.3) is 5.57 Å². The van der Waals surface area contributed by atoms with Crippen LogP contribution in [0.5, 0.6) is 5.75 Å². The largest absolute Gasteiger partial charge is 0.493 e.